The van der Waals surface area contributed by atoms with Gasteiger partial charge in [0.05, 0.1) is 29.1 Å². The Morgan fingerprint density at radius 1 is 1.35 bits per heavy atom. The minimum atomic E-state index is -0.597. The van der Waals surface area contributed by atoms with Gasteiger partial charge in [-0.2, -0.15) is 0 Å². The summed E-state index contributed by atoms with van der Waals surface area (Å²) < 4.78 is 7.28. The summed E-state index contributed by atoms with van der Waals surface area (Å²) in [6, 6.07) is 9.85. The molecule has 3 aromatic rings. The van der Waals surface area contributed by atoms with Crippen LogP contribution in [-0.2, 0) is 13.5 Å². The van der Waals surface area contributed by atoms with Crippen LogP contribution in [0.1, 0.15) is 16.8 Å². The molecule has 1 atom stereocenters. The lowest BCUT2D eigenvalue weighted by Crippen LogP contribution is -2.06. The van der Waals surface area contributed by atoms with Crippen LogP contribution in [-0.4, -0.2) is 21.8 Å². The van der Waals surface area contributed by atoms with Crippen LogP contribution >= 0.6 is 11.3 Å². The summed E-state index contributed by atoms with van der Waals surface area (Å²) in [6.07, 6.45) is -0.123. The third-order valence-electron chi connectivity index (χ3n) is 3.44. The van der Waals surface area contributed by atoms with Crippen LogP contribution in [0.25, 0.3) is 11.0 Å². The zero-order valence-corrected chi connectivity index (χ0v) is 12.2. The maximum absolute atomic E-state index is 10.4. The van der Waals surface area contributed by atoms with Gasteiger partial charge < -0.3 is 14.4 Å². The lowest BCUT2D eigenvalue weighted by atomic mass is 10.2. The normalized spacial score (nSPS) is 12.8. The summed E-state index contributed by atoms with van der Waals surface area (Å²) >= 11 is 1.50. The van der Waals surface area contributed by atoms with E-state index in [9.17, 15) is 5.11 Å². The summed E-state index contributed by atoms with van der Waals surface area (Å²) in [7, 11) is 3.59. The molecule has 0 aliphatic carbocycles. The first-order valence-electron chi connectivity index (χ1n) is 6.40. The molecule has 2 heterocycles. The molecule has 0 bridgehead atoms. The number of fused-ring (bicyclic) bond motifs is 1. The van der Waals surface area contributed by atoms with Crippen molar-refractivity contribution >= 4 is 22.4 Å². The number of methoxy groups -OCH3 is 1. The number of aromatic nitrogens is 2. The minimum Gasteiger partial charge on any atom is -0.495 e. The molecule has 1 unspecified atom stereocenters. The van der Waals surface area contributed by atoms with Gasteiger partial charge in [-0.1, -0.05) is 12.1 Å². The fourth-order valence-electron chi connectivity index (χ4n) is 2.36. The van der Waals surface area contributed by atoms with Gasteiger partial charge >= 0.3 is 0 Å². The first kappa shape index (κ1) is 13.1. The molecule has 0 aliphatic heterocycles. The van der Waals surface area contributed by atoms with Crippen molar-refractivity contribution in [3.63, 3.8) is 0 Å². The van der Waals surface area contributed by atoms with Gasteiger partial charge in [0.2, 0.25) is 0 Å². The number of aryl methyl sites for hydroxylation is 1. The molecule has 3 rings (SSSR count). The highest BCUT2D eigenvalue weighted by atomic mass is 32.1. The molecule has 104 valence electrons. The van der Waals surface area contributed by atoms with E-state index in [4.69, 9.17) is 4.74 Å². The lowest BCUT2D eigenvalue weighted by Gasteiger charge is -2.10. The maximum atomic E-state index is 10.4. The number of thiophene rings is 1. The number of hydrogen-bond donors (Lipinski definition) is 1. The van der Waals surface area contributed by atoms with Crippen molar-refractivity contribution in [3.8, 4) is 5.75 Å². The van der Waals surface area contributed by atoms with E-state index >= 15 is 0 Å². The van der Waals surface area contributed by atoms with Gasteiger partial charge in [-0.3, -0.25) is 0 Å². The van der Waals surface area contributed by atoms with Gasteiger partial charge in [0.25, 0.3) is 0 Å². The van der Waals surface area contributed by atoms with E-state index in [1.54, 1.807) is 7.11 Å². The van der Waals surface area contributed by atoms with Gasteiger partial charge in [-0.25, -0.2) is 4.98 Å². The number of aliphatic hydroxyl groups excluding tert-OH is 1. The van der Waals surface area contributed by atoms with Crippen molar-refractivity contribution < 1.29 is 9.84 Å². The Balaban J connectivity index is 1.91. The Morgan fingerprint density at radius 2 is 2.15 bits per heavy atom. The summed E-state index contributed by atoms with van der Waals surface area (Å²) in [5, 5.41) is 12.3. The quantitative estimate of drug-likeness (QED) is 0.803. The van der Waals surface area contributed by atoms with Gasteiger partial charge in [-0.15, -0.1) is 11.3 Å². The topological polar surface area (TPSA) is 47.3 Å². The van der Waals surface area contributed by atoms with E-state index in [1.165, 1.54) is 11.3 Å². The first-order valence-corrected chi connectivity index (χ1v) is 7.28. The molecule has 0 saturated heterocycles. The molecule has 0 radical (unpaired) electrons. The average Bonchev–Trinajstić information content (AvgIpc) is 3.05. The number of rotatable bonds is 4. The zero-order valence-electron chi connectivity index (χ0n) is 11.4. The highest BCUT2D eigenvalue weighted by Crippen LogP contribution is 2.32. The smallest absolute Gasteiger partial charge is 0.135 e. The van der Waals surface area contributed by atoms with Crippen LogP contribution in [0.3, 0.4) is 0 Å². The Morgan fingerprint density at radius 3 is 2.90 bits per heavy atom. The van der Waals surface area contributed by atoms with Gasteiger partial charge in [0, 0.05) is 13.5 Å². The Bertz CT molecular complexity index is 732. The predicted molar refractivity (Wildman–Crippen MR) is 80.2 cm³/mol. The van der Waals surface area contributed by atoms with E-state index in [-0.39, 0.29) is 0 Å². The van der Waals surface area contributed by atoms with Crippen molar-refractivity contribution in [2.75, 3.05) is 7.11 Å². The number of aliphatic hydroxyl groups is 1. The second kappa shape index (κ2) is 5.26. The highest BCUT2D eigenvalue weighted by Gasteiger charge is 2.18. The molecular weight excluding hydrogens is 272 g/mol. The number of hydrogen-bond acceptors (Lipinski definition) is 4. The fourth-order valence-corrected chi connectivity index (χ4v) is 3.21. The number of nitrogens with zero attached hydrogens (tertiary/aromatic N) is 2. The number of imidazole rings is 1. The maximum Gasteiger partial charge on any atom is 0.135 e. The third kappa shape index (κ3) is 2.19. The minimum absolute atomic E-state index is 0.474. The Labute approximate surface area is 121 Å². The molecule has 1 aromatic carbocycles. The van der Waals surface area contributed by atoms with E-state index in [0.29, 0.717) is 6.42 Å². The molecular formula is C15H16N2O2S. The number of ether oxygens (including phenoxy) is 1. The molecule has 20 heavy (non-hydrogen) atoms. The predicted octanol–water partition coefficient (Wildman–Crippen LogP) is 2.92. The SMILES string of the molecule is COc1ccsc1C(O)Cc1nc2ccccc2n1C. The van der Waals surface area contributed by atoms with Gasteiger partial charge in [0.1, 0.15) is 11.6 Å². The standard InChI is InChI=1S/C15H16N2O2S/c1-17-11-6-4-3-5-10(11)16-14(17)9-12(18)15-13(19-2)7-8-20-15/h3-8,12,18H,9H2,1-2H3. The van der Waals surface area contributed by atoms with Crippen molar-refractivity contribution in [1.29, 1.82) is 0 Å². The Hall–Kier alpha value is -1.85. The fraction of sp³-hybridized carbons (Fsp3) is 0.267. The van der Waals surface area contributed by atoms with Crippen LogP contribution in [0.5, 0.6) is 5.75 Å². The largest absolute Gasteiger partial charge is 0.495 e. The van der Waals surface area contributed by atoms with E-state index in [1.807, 2.05) is 47.3 Å². The van der Waals surface area contributed by atoms with E-state index in [2.05, 4.69) is 4.98 Å². The van der Waals surface area contributed by atoms with Crippen molar-refractivity contribution in [2.45, 2.75) is 12.5 Å². The van der Waals surface area contributed by atoms with E-state index < -0.39 is 6.10 Å². The van der Waals surface area contributed by atoms with Crippen molar-refractivity contribution in [2.24, 2.45) is 7.05 Å². The van der Waals surface area contributed by atoms with Crippen LogP contribution in [0.2, 0.25) is 0 Å². The second-order valence-electron chi connectivity index (χ2n) is 4.65. The summed E-state index contributed by atoms with van der Waals surface area (Å²) in [5.41, 5.74) is 2.03. The molecule has 0 fully saturated rings. The molecule has 0 aliphatic rings. The molecule has 5 heteroatoms. The third-order valence-corrected chi connectivity index (χ3v) is 4.43. The number of benzene rings is 1. The van der Waals surface area contributed by atoms with E-state index in [0.717, 1.165) is 27.5 Å². The molecule has 0 saturated carbocycles. The molecule has 0 spiro atoms. The Kier molecular flexibility index (Phi) is 3.46. The van der Waals surface area contributed by atoms with Crippen LogP contribution in [0.15, 0.2) is 35.7 Å². The van der Waals surface area contributed by atoms with Gasteiger partial charge in [0.15, 0.2) is 0 Å². The molecule has 2 aromatic heterocycles. The first-order chi connectivity index (χ1) is 9.70. The summed E-state index contributed by atoms with van der Waals surface area (Å²) in [5.74, 6) is 1.61. The summed E-state index contributed by atoms with van der Waals surface area (Å²) in [4.78, 5) is 5.43. The zero-order chi connectivity index (χ0) is 14.1. The molecule has 0 amide bonds. The highest BCUT2D eigenvalue weighted by molar-refractivity contribution is 7.10. The average molecular weight is 288 g/mol. The second-order valence-corrected chi connectivity index (χ2v) is 5.60. The van der Waals surface area contributed by atoms with Crippen LogP contribution in [0.4, 0.5) is 0 Å². The lowest BCUT2D eigenvalue weighted by molar-refractivity contribution is 0.175. The number of para-hydroxylation sites is 2. The van der Waals surface area contributed by atoms with Crippen LogP contribution in [0, 0.1) is 0 Å². The monoisotopic (exact) mass is 288 g/mol. The molecule has 1 N–H and O–H groups in total. The van der Waals surface area contributed by atoms with Crippen molar-refractivity contribution in [3.05, 3.63) is 46.4 Å². The van der Waals surface area contributed by atoms with Gasteiger partial charge in [-0.05, 0) is 23.6 Å². The van der Waals surface area contributed by atoms with Crippen molar-refractivity contribution in [1.82, 2.24) is 9.55 Å². The summed E-state index contributed by atoms with van der Waals surface area (Å²) in [6.45, 7) is 0. The molecule has 4 nitrogen and oxygen atoms in total. The van der Waals surface area contributed by atoms with Crippen LogP contribution < -0.4 is 4.74 Å².